The second-order valence-electron chi connectivity index (χ2n) is 4.09. The Bertz CT molecular complexity index is 594. The van der Waals surface area contributed by atoms with E-state index in [0.29, 0.717) is 22.0 Å². The Morgan fingerprint density at radius 3 is 2.74 bits per heavy atom. The normalized spacial score (nSPS) is 10.2. The van der Waals surface area contributed by atoms with Crippen LogP contribution in [-0.4, -0.2) is 11.0 Å². The largest absolute Gasteiger partial charge is 0.399 e. The van der Waals surface area contributed by atoms with E-state index in [-0.39, 0.29) is 12.5 Å². The molecule has 0 saturated heterocycles. The van der Waals surface area contributed by atoms with Gasteiger partial charge in [-0.25, -0.2) is 0 Å². The van der Waals surface area contributed by atoms with Crippen LogP contribution in [0, 0.1) is 0 Å². The zero-order valence-electron chi connectivity index (χ0n) is 10.1. The monoisotopic (exact) mass is 276 g/mol. The van der Waals surface area contributed by atoms with Crippen LogP contribution in [0.5, 0.6) is 0 Å². The van der Waals surface area contributed by atoms with Crippen LogP contribution in [0.4, 0.5) is 11.4 Å². The van der Waals surface area contributed by atoms with Crippen LogP contribution in [0.3, 0.4) is 0 Å². The molecule has 0 aliphatic rings. The lowest BCUT2D eigenvalue weighted by atomic mass is 10.1. The van der Waals surface area contributed by atoms with Gasteiger partial charge in [0.15, 0.2) is 0 Å². The molecular formula is C14H13ClN2O2. The molecule has 2 aromatic carbocycles. The number of carbonyl (C=O) groups excluding carboxylic acids is 1. The van der Waals surface area contributed by atoms with Gasteiger partial charge >= 0.3 is 0 Å². The fraction of sp³-hybridized carbons (Fsp3) is 0.0714. The Balaban J connectivity index is 2.20. The molecule has 0 aliphatic carbocycles. The number of benzene rings is 2. The van der Waals surface area contributed by atoms with Crippen LogP contribution < -0.4 is 11.1 Å². The van der Waals surface area contributed by atoms with Gasteiger partial charge in [-0.05, 0) is 35.9 Å². The first-order valence-electron chi connectivity index (χ1n) is 5.65. The molecule has 98 valence electrons. The molecule has 4 nitrogen and oxygen atoms in total. The average Bonchev–Trinajstić information content (AvgIpc) is 2.37. The average molecular weight is 277 g/mol. The second kappa shape index (κ2) is 5.73. The molecule has 2 aromatic rings. The van der Waals surface area contributed by atoms with Crippen LogP contribution in [0.15, 0.2) is 42.5 Å². The Kier molecular flexibility index (Phi) is 4.04. The maximum absolute atomic E-state index is 12.0. The highest BCUT2D eigenvalue weighted by molar-refractivity contribution is 6.31. The van der Waals surface area contributed by atoms with E-state index in [2.05, 4.69) is 5.32 Å². The minimum atomic E-state index is -0.302. The van der Waals surface area contributed by atoms with Gasteiger partial charge in [0, 0.05) is 22.0 Å². The summed E-state index contributed by atoms with van der Waals surface area (Å²) in [5.74, 6) is -0.302. The third kappa shape index (κ3) is 3.47. The predicted molar refractivity (Wildman–Crippen MR) is 76.2 cm³/mol. The Hall–Kier alpha value is -2.04. The number of nitrogens with two attached hydrogens (primary N) is 1. The summed E-state index contributed by atoms with van der Waals surface area (Å²) in [5.41, 5.74) is 7.79. The van der Waals surface area contributed by atoms with Gasteiger partial charge in [0.2, 0.25) is 0 Å². The lowest BCUT2D eigenvalue weighted by Crippen LogP contribution is -2.12. The number of rotatable bonds is 3. The maximum atomic E-state index is 12.0. The first-order valence-corrected chi connectivity index (χ1v) is 6.03. The highest BCUT2D eigenvalue weighted by atomic mass is 35.5. The molecule has 0 aromatic heterocycles. The van der Waals surface area contributed by atoms with Crippen molar-refractivity contribution in [1.82, 2.24) is 0 Å². The molecule has 0 spiro atoms. The predicted octanol–water partition coefficient (Wildman–Crippen LogP) is 2.67. The molecule has 1 amide bonds. The minimum Gasteiger partial charge on any atom is -0.399 e. The molecule has 19 heavy (non-hydrogen) atoms. The highest BCUT2D eigenvalue weighted by Gasteiger charge is 2.08. The van der Waals surface area contributed by atoms with Crippen molar-refractivity contribution in [3.8, 4) is 0 Å². The molecular weight excluding hydrogens is 264 g/mol. The van der Waals surface area contributed by atoms with Crippen molar-refractivity contribution in [2.45, 2.75) is 6.61 Å². The molecule has 0 radical (unpaired) electrons. The number of nitrogen functional groups attached to an aromatic ring is 1. The van der Waals surface area contributed by atoms with Gasteiger partial charge in [-0.1, -0.05) is 23.7 Å². The van der Waals surface area contributed by atoms with Gasteiger partial charge in [0.1, 0.15) is 0 Å². The fourth-order valence-electron chi connectivity index (χ4n) is 1.69. The molecule has 0 saturated carbocycles. The van der Waals surface area contributed by atoms with Gasteiger partial charge in [-0.15, -0.1) is 0 Å². The summed E-state index contributed by atoms with van der Waals surface area (Å²) in [6.07, 6.45) is 0. The van der Waals surface area contributed by atoms with E-state index >= 15 is 0 Å². The third-order valence-electron chi connectivity index (χ3n) is 2.55. The van der Waals surface area contributed by atoms with Gasteiger partial charge in [-0.3, -0.25) is 4.79 Å². The molecule has 5 heteroatoms. The summed E-state index contributed by atoms with van der Waals surface area (Å²) >= 11 is 5.85. The highest BCUT2D eigenvalue weighted by Crippen LogP contribution is 2.18. The topological polar surface area (TPSA) is 75.4 Å². The number of aliphatic hydroxyl groups is 1. The summed E-state index contributed by atoms with van der Waals surface area (Å²) in [5, 5.41) is 12.2. The van der Waals surface area contributed by atoms with E-state index in [9.17, 15) is 4.79 Å². The van der Waals surface area contributed by atoms with E-state index in [1.807, 2.05) is 0 Å². The fourth-order valence-corrected chi connectivity index (χ4v) is 1.94. The maximum Gasteiger partial charge on any atom is 0.255 e. The number of hydrogen-bond acceptors (Lipinski definition) is 3. The minimum absolute atomic E-state index is 0.0756. The Morgan fingerprint density at radius 1 is 1.26 bits per heavy atom. The van der Waals surface area contributed by atoms with E-state index < -0.39 is 0 Å². The molecule has 0 bridgehead atoms. The molecule has 0 atom stereocenters. The quantitative estimate of drug-likeness (QED) is 0.755. The van der Waals surface area contributed by atoms with E-state index in [4.69, 9.17) is 22.4 Å². The molecule has 0 unspecified atom stereocenters. The number of aliphatic hydroxyl groups excluding tert-OH is 1. The lowest BCUT2D eigenvalue weighted by Gasteiger charge is -2.07. The SMILES string of the molecule is Nc1cc(Cl)cc(C(=O)Nc2cccc(CO)c2)c1. The molecule has 0 fully saturated rings. The van der Waals surface area contributed by atoms with E-state index in [1.165, 1.54) is 0 Å². The van der Waals surface area contributed by atoms with Gasteiger partial charge < -0.3 is 16.2 Å². The number of anilines is 2. The van der Waals surface area contributed by atoms with Crippen molar-refractivity contribution in [2.75, 3.05) is 11.1 Å². The number of halogens is 1. The number of nitrogens with one attached hydrogen (secondary N) is 1. The number of hydrogen-bond donors (Lipinski definition) is 3. The van der Waals surface area contributed by atoms with Crippen molar-refractivity contribution < 1.29 is 9.90 Å². The zero-order chi connectivity index (χ0) is 13.8. The summed E-state index contributed by atoms with van der Waals surface area (Å²) < 4.78 is 0. The van der Waals surface area contributed by atoms with Crippen LogP contribution in [0.25, 0.3) is 0 Å². The Labute approximate surface area is 115 Å². The lowest BCUT2D eigenvalue weighted by molar-refractivity contribution is 0.102. The summed E-state index contributed by atoms with van der Waals surface area (Å²) in [6, 6.07) is 11.6. The van der Waals surface area contributed by atoms with Crippen LogP contribution in [-0.2, 0) is 6.61 Å². The van der Waals surface area contributed by atoms with Crippen molar-refractivity contribution in [3.05, 3.63) is 58.6 Å². The summed E-state index contributed by atoms with van der Waals surface area (Å²) in [7, 11) is 0. The van der Waals surface area contributed by atoms with Crippen molar-refractivity contribution >= 4 is 28.9 Å². The molecule has 4 N–H and O–H groups in total. The number of carbonyl (C=O) groups is 1. The first kappa shape index (κ1) is 13.4. The second-order valence-corrected chi connectivity index (χ2v) is 4.52. The van der Waals surface area contributed by atoms with E-state index in [0.717, 1.165) is 5.56 Å². The first-order chi connectivity index (χ1) is 9.08. The van der Waals surface area contributed by atoms with Crippen molar-refractivity contribution in [1.29, 1.82) is 0 Å². The summed E-state index contributed by atoms with van der Waals surface area (Å²) in [6.45, 7) is -0.0756. The Morgan fingerprint density at radius 2 is 2.05 bits per heavy atom. The van der Waals surface area contributed by atoms with Gasteiger partial charge in [0.05, 0.1) is 6.61 Å². The third-order valence-corrected chi connectivity index (χ3v) is 2.77. The van der Waals surface area contributed by atoms with Crippen molar-refractivity contribution in [2.24, 2.45) is 0 Å². The standard InChI is InChI=1S/C14H13ClN2O2/c15-11-5-10(6-12(16)7-11)14(19)17-13-3-1-2-9(4-13)8-18/h1-7,18H,8,16H2,(H,17,19). The smallest absolute Gasteiger partial charge is 0.255 e. The van der Waals surface area contributed by atoms with Crippen LogP contribution >= 0.6 is 11.6 Å². The van der Waals surface area contributed by atoms with E-state index in [1.54, 1.807) is 42.5 Å². The molecule has 0 heterocycles. The van der Waals surface area contributed by atoms with Crippen LogP contribution in [0.2, 0.25) is 5.02 Å². The van der Waals surface area contributed by atoms with Crippen LogP contribution in [0.1, 0.15) is 15.9 Å². The molecule has 2 rings (SSSR count). The summed E-state index contributed by atoms with van der Waals surface area (Å²) in [4.78, 5) is 12.0. The van der Waals surface area contributed by atoms with Crippen molar-refractivity contribution in [3.63, 3.8) is 0 Å². The van der Waals surface area contributed by atoms with Gasteiger partial charge in [0.25, 0.3) is 5.91 Å². The number of amides is 1. The molecule has 0 aliphatic heterocycles. The zero-order valence-corrected chi connectivity index (χ0v) is 10.8. The van der Waals surface area contributed by atoms with Gasteiger partial charge in [-0.2, -0.15) is 0 Å².